The first-order valence-corrected chi connectivity index (χ1v) is 10.5. The van der Waals surface area contributed by atoms with E-state index in [1.54, 1.807) is 18.0 Å². The molecule has 22 heavy (non-hydrogen) atoms. The predicted octanol–water partition coefficient (Wildman–Crippen LogP) is 1.80. The van der Waals surface area contributed by atoms with Crippen LogP contribution in [0.1, 0.15) is 31.9 Å². The molecule has 3 N–H and O–H groups in total. The van der Waals surface area contributed by atoms with Gasteiger partial charge in [-0.15, -0.1) is 11.3 Å². The van der Waals surface area contributed by atoms with Crippen LogP contribution in [0.25, 0.3) is 0 Å². The standard InChI is InChI=1S/C13H23N3O3S3/c1-3-5-15-11-9-16(6-7-19-4-2)21-13-10(11)8-12(20-13)22(14,17)18/h8,11,15H,3-7,9H2,1-2H3,(H2,14,17,18)/t11-/m0/s1. The number of hydrogen-bond donors (Lipinski definition) is 2. The summed E-state index contributed by atoms with van der Waals surface area (Å²) < 4.78 is 32.0. The second-order valence-corrected chi connectivity index (χ2v) is 9.24. The summed E-state index contributed by atoms with van der Waals surface area (Å²) in [4.78, 5) is 0. The third-order valence-electron chi connectivity index (χ3n) is 3.29. The predicted molar refractivity (Wildman–Crippen MR) is 90.6 cm³/mol. The highest BCUT2D eigenvalue weighted by molar-refractivity contribution is 7.99. The molecule has 1 aliphatic rings. The summed E-state index contributed by atoms with van der Waals surface area (Å²) in [5.74, 6) is 0. The number of rotatable bonds is 8. The molecule has 1 aromatic heterocycles. The Morgan fingerprint density at radius 1 is 1.50 bits per heavy atom. The zero-order chi connectivity index (χ0) is 16.2. The van der Waals surface area contributed by atoms with Gasteiger partial charge >= 0.3 is 0 Å². The van der Waals surface area contributed by atoms with Crippen LogP contribution in [0.4, 0.5) is 0 Å². The molecule has 6 nitrogen and oxygen atoms in total. The van der Waals surface area contributed by atoms with Gasteiger partial charge in [0.15, 0.2) is 0 Å². The van der Waals surface area contributed by atoms with Gasteiger partial charge < -0.3 is 10.1 Å². The molecule has 2 rings (SSSR count). The van der Waals surface area contributed by atoms with Crippen LogP contribution in [-0.2, 0) is 14.8 Å². The number of sulfonamides is 1. The van der Waals surface area contributed by atoms with Crippen molar-refractivity contribution in [3.63, 3.8) is 0 Å². The molecule has 0 aromatic carbocycles. The lowest BCUT2D eigenvalue weighted by atomic mass is 10.1. The van der Waals surface area contributed by atoms with E-state index in [1.807, 2.05) is 6.92 Å². The first-order chi connectivity index (χ1) is 10.5. The molecule has 126 valence electrons. The molecule has 1 atom stereocenters. The Balaban J connectivity index is 2.18. The summed E-state index contributed by atoms with van der Waals surface area (Å²) >= 11 is 2.84. The Labute approximate surface area is 140 Å². The summed E-state index contributed by atoms with van der Waals surface area (Å²) in [6.07, 6.45) is 1.03. The maximum absolute atomic E-state index is 11.6. The van der Waals surface area contributed by atoms with Crippen molar-refractivity contribution < 1.29 is 13.2 Å². The fourth-order valence-corrected chi connectivity index (χ4v) is 5.73. The minimum Gasteiger partial charge on any atom is -0.380 e. The van der Waals surface area contributed by atoms with Crippen molar-refractivity contribution >= 4 is 33.3 Å². The van der Waals surface area contributed by atoms with Crippen LogP contribution in [0.2, 0.25) is 0 Å². The van der Waals surface area contributed by atoms with Crippen molar-refractivity contribution in [3.05, 3.63) is 11.6 Å². The SMILES string of the molecule is CCCN[C@H]1CN(CCOCC)Sc2sc(S(N)(=O)=O)cc21. The molecule has 0 aliphatic carbocycles. The average molecular weight is 366 g/mol. The molecule has 0 unspecified atom stereocenters. The van der Waals surface area contributed by atoms with Gasteiger partial charge in [-0.2, -0.15) is 0 Å². The Bertz CT molecular complexity index is 589. The van der Waals surface area contributed by atoms with E-state index < -0.39 is 10.0 Å². The minimum absolute atomic E-state index is 0.129. The van der Waals surface area contributed by atoms with Crippen LogP contribution < -0.4 is 10.5 Å². The van der Waals surface area contributed by atoms with Crippen LogP contribution >= 0.6 is 23.3 Å². The van der Waals surface area contributed by atoms with Crippen molar-refractivity contribution in [3.8, 4) is 0 Å². The van der Waals surface area contributed by atoms with Crippen LogP contribution in [-0.4, -0.2) is 45.6 Å². The van der Waals surface area contributed by atoms with E-state index in [9.17, 15) is 8.42 Å². The third kappa shape index (κ3) is 4.67. The van der Waals surface area contributed by atoms with E-state index in [1.165, 1.54) is 11.3 Å². The molecule has 1 aromatic rings. The minimum atomic E-state index is -3.65. The van der Waals surface area contributed by atoms with Gasteiger partial charge in [-0.25, -0.2) is 17.9 Å². The van der Waals surface area contributed by atoms with Gasteiger partial charge in [0.05, 0.1) is 10.8 Å². The Morgan fingerprint density at radius 3 is 2.91 bits per heavy atom. The van der Waals surface area contributed by atoms with Gasteiger partial charge in [0, 0.05) is 25.7 Å². The van der Waals surface area contributed by atoms with Crippen molar-refractivity contribution in [2.24, 2.45) is 5.14 Å². The summed E-state index contributed by atoms with van der Waals surface area (Å²) in [7, 11) is -3.65. The van der Waals surface area contributed by atoms with Crippen LogP contribution in [0.5, 0.6) is 0 Å². The van der Waals surface area contributed by atoms with Gasteiger partial charge in [-0.05, 0) is 43.5 Å². The fraction of sp³-hybridized carbons (Fsp3) is 0.692. The highest BCUT2D eigenvalue weighted by Crippen LogP contribution is 2.43. The van der Waals surface area contributed by atoms with Crippen LogP contribution in [0, 0.1) is 0 Å². The molecule has 0 saturated heterocycles. The fourth-order valence-electron chi connectivity index (χ4n) is 2.22. The summed E-state index contributed by atoms with van der Waals surface area (Å²) in [6.45, 7) is 8.00. The van der Waals surface area contributed by atoms with Crippen molar-refractivity contribution in [2.45, 2.75) is 34.7 Å². The van der Waals surface area contributed by atoms with Crippen molar-refractivity contribution in [1.82, 2.24) is 9.62 Å². The van der Waals surface area contributed by atoms with Crippen LogP contribution in [0.15, 0.2) is 14.5 Å². The lowest BCUT2D eigenvalue weighted by molar-refractivity contribution is 0.134. The largest absolute Gasteiger partial charge is 0.380 e. The first-order valence-electron chi connectivity index (χ1n) is 7.36. The van der Waals surface area contributed by atoms with Crippen molar-refractivity contribution in [2.75, 3.05) is 32.8 Å². The van der Waals surface area contributed by atoms with E-state index in [0.29, 0.717) is 13.2 Å². The summed E-state index contributed by atoms with van der Waals surface area (Å²) in [5, 5.41) is 8.75. The third-order valence-corrected chi connectivity index (χ3v) is 7.12. The van der Waals surface area contributed by atoms with E-state index in [4.69, 9.17) is 9.88 Å². The maximum Gasteiger partial charge on any atom is 0.247 e. The van der Waals surface area contributed by atoms with Crippen molar-refractivity contribution in [1.29, 1.82) is 0 Å². The maximum atomic E-state index is 11.6. The summed E-state index contributed by atoms with van der Waals surface area (Å²) in [6, 6.07) is 1.85. The molecule has 1 aliphatic heterocycles. The first kappa shape index (κ1) is 18.2. The molecule has 0 spiro atoms. The van der Waals surface area contributed by atoms with E-state index in [-0.39, 0.29) is 10.3 Å². The Kier molecular flexibility index (Phi) is 6.69. The zero-order valence-electron chi connectivity index (χ0n) is 12.9. The number of primary sulfonamides is 1. The van der Waals surface area contributed by atoms with Gasteiger partial charge in [-0.3, -0.25) is 0 Å². The van der Waals surface area contributed by atoms with Gasteiger partial charge in [-0.1, -0.05) is 6.92 Å². The van der Waals surface area contributed by atoms with E-state index in [2.05, 4.69) is 16.5 Å². The number of nitrogens with two attached hydrogens (primary N) is 1. The number of ether oxygens (including phenoxy) is 1. The lowest BCUT2D eigenvalue weighted by Crippen LogP contribution is -2.36. The quantitative estimate of drug-likeness (QED) is 0.540. The lowest BCUT2D eigenvalue weighted by Gasteiger charge is -2.32. The molecular weight excluding hydrogens is 342 g/mol. The topological polar surface area (TPSA) is 84.7 Å². The Morgan fingerprint density at radius 2 is 2.27 bits per heavy atom. The number of nitrogens with zero attached hydrogens (tertiary/aromatic N) is 1. The highest BCUT2D eigenvalue weighted by Gasteiger charge is 2.30. The molecular formula is C13H23N3O3S3. The van der Waals surface area contributed by atoms with Crippen LogP contribution in [0.3, 0.4) is 0 Å². The molecule has 0 saturated carbocycles. The number of hydrogen-bond acceptors (Lipinski definition) is 7. The molecule has 0 fully saturated rings. The highest BCUT2D eigenvalue weighted by atomic mass is 32.3. The van der Waals surface area contributed by atoms with E-state index >= 15 is 0 Å². The molecule has 0 bridgehead atoms. The average Bonchev–Trinajstić information content (AvgIpc) is 2.89. The van der Waals surface area contributed by atoms with Gasteiger partial charge in [0.25, 0.3) is 0 Å². The zero-order valence-corrected chi connectivity index (χ0v) is 15.3. The smallest absolute Gasteiger partial charge is 0.247 e. The number of thiophene rings is 1. The second kappa shape index (κ2) is 8.09. The molecule has 2 heterocycles. The van der Waals surface area contributed by atoms with Gasteiger partial charge in [0.2, 0.25) is 10.0 Å². The molecule has 0 radical (unpaired) electrons. The van der Waals surface area contributed by atoms with Gasteiger partial charge in [0.1, 0.15) is 4.21 Å². The monoisotopic (exact) mass is 365 g/mol. The number of nitrogens with one attached hydrogen (secondary N) is 1. The second-order valence-electron chi connectivity index (χ2n) is 5.04. The molecule has 0 amide bonds. The normalized spacial score (nSPS) is 19.3. The number of fused-ring (bicyclic) bond motifs is 1. The Hall–Kier alpha value is -0.160. The summed E-state index contributed by atoms with van der Waals surface area (Å²) in [5.41, 5.74) is 1.04. The van der Waals surface area contributed by atoms with E-state index in [0.717, 1.165) is 35.8 Å². The molecule has 9 heteroatoms.